The van der Waals surface area contributed by atoms with Gasteiger partial charge in [0.05, 0.1) is 22.5 Å². The molecule has 0 saturated carbocycles. The molecule has 7 nitrogen and oxygen atoms in total. The molecule has 1 aliphatic heterocycles. The number of aryl methyl sites for hydroxylation is 1. The molecule has 28 heavy (non-hydrogen) atoms. The van der Waals surface area contributed by atoms with Crippen molar-refractivity contribution in [2.75, 3.05) is 22.5 Å². The number of hydrogen-bond donors (Lipinski definition) is 1. The molecule has 1 aliphatic rings. The molecule has 148 valence electrons. The van der Waals surface area contributed by atoms with Gasteiger partial charge in [-0.05, 0) is 30.5 Å². The summed E-state index contributed by atoms with van der Waals surface area (Å²) in [5, 5.41) is 6.49. The van der Waals surface area contributed by atoms with Crippen LogP contribution in [0.4, 0.5) is 15.8 Å². The molecular weight excluding hydrogens is 383 g/mol. The van der Waals surface area contributed by atoms with E-state index in [0.717, 1.165) is 10.2 Å². The molecule has 1 N–H and O–H groups in total. The highest BCUT2D eigenvalue weighted by Crippen LogP contribution is 2.32. The van der Waals surface area contributed by atoms with Gasteiger partial charge in [-0.2, -0.15) is 5.10 Å². The van der Waals surface area contributed by atoms with Crippen LogP contribution in [0.3, 0.4) is 0 Å². The molecule has 2 amide bonds. The number of carbonyl (C=O) groups excluding carboxylic acids is 2. The van der Waals surface area contributed by atoms with Gasteiger partial charge in [0.25, 0.3) is 5.56 Å². The van der Waals surface area contributed by atoms with E-state index < -0.39 is 17.3 Å². The van der Waals surface area contributed by atoms with Gasteiger partial charge in [-0.1, -0.05) is 19.9 Å². The maximum atomic E-state index is 13.9. The van der Waals surface area contributed by atoms with Crippen molar-refractivity contribution in [3.8, 4) is 0 Å². The van der Waals surface area contributed by atoms with E-state index in [4.69, 9.17) is 0 Å². The maximum absolute atomic E-state index is 13.9. The molecule has 0 spiro atoms. The average Bonchev–Trinajstić information content (AvgIpc) is 2.62. The number of nitrogens with one attached hydrogen (secondary N) is 1. The van der Waals surface area contributed by atoms with E-state index in [0.29, 0.717) is 11.4 Å². The Hall–Kier alpha value is -2.68. The van der Waals surface area contributed by atoms with Gasteiger partial charge in [-0.25, -0.2) is 9.07 Å². The van der Waals surface area contributed by atoms with E-state index >= 15 is 0 Å². The molecule has 2 heterocycles. The van der Waals surface area contributed by atoms with Gasteiger partial charge in [0.15, 0.2) is 0 Å². The Balaban J connectivity index is 1.85. The third kappa shape index (κ3) is 4.24. The van der Waals surface area contributed by atoms with Crippen LogP contribution in [0.15, 0.2) is 34.1 Å². The summed E-state index contributed by atoms with van der Waals surface area (Å²) >= 11 is 1.26. The second kappa shape index (κ2) is 8.14. The number of fused-ring (bicyclic) bond motifs is 1. The van der Waals surface area contributed by atoms with Crippen LogP contribution < -0.4 is 15.8 Å². The summed E-state index contributed by atoms with van der Waals surface area (Å²) in [6.07, 6.45) is 1.49. The quantitative estimate of drug-likeness (QED) is 0.827. The smallest absolute Gasteiger partial charge is 0.292 e. The minimum Gasteiger partial charge on any atom is -0.322 e. The number of hydrogen-bond acceptors (Lipinski definition) is 5. The third-order valence-corrected chi connectivity index (χ3v) is 5.15. The van der Waals surface area contributed by atoms with Crippen molar-refractivity contribution in [3.63, 3.8) is 0 Å². The van der Waals surface area contributed by atoms with E-state index in [1.807, 2.05) is 13.8 Å². The third-order valence-electron chi connectivity index (χ3n) is 4.15. The van der Waals surface area contributed by atoms with Crippen molar-refractivity contribution in [1.82, 2.24) is 9.78 Å². The summed E-state index contributed by atoms with van der Waals surface area (Å²) in [4.78, 5) is 39.6. The highest BCUT2D eigenvalue weighted by Gasteiger charge is 2.29. The van der Waals surface area contributed by atoms with E-state index in [1.165, 1.54) is 35.0 Å². The molecule has 0 atom stereocenters. The first-order chi connectivity index (χ1) is 13.3. The van der Waals surface area contributed by atoms with Crippen LogP contribution in [0.25, 0.3) is 0 Å². The van der Waals surface area contributed by atoms with Crippen molar-refractivity contribution in [1.29, 1.82) is 0 Å². The monoisotopic (exact) mass is 404 g/mol. The van der Waals surface area contributed by atoms with Crippen molar-refractivity contribution in [2.24, 2.45) is 5.92 Å². The number of thioether (sulfide) groups is 1. The molecule has 1 aromatic heterocycles. The number of benzene rings is 1. The highest BCUT2D eigenvalue weighted by atomic mass is 32.2. The Morgan fingerprint density at radius 3 is 2.79 bits per heavy atom. The molecular formula is C19H21FN4O3S. The lowest BCUT2D eigenvalue weighted by atomic mass is 10.2. The maximum Gasteiger partial charge on any atom is 0.292 e. The summed E-state index contributed by atoms with van der Waals surface area (Å²) in [5.74, 6) is -0.856. The zero-order valence-electron chi connectivity index (χ0n) is 15.9. The van der Waals surface area contributed by atoms with Crippen LogP contribution in [0.1, 0.15) is 19.4 Å². The molecule has 0 unspecified atom stereocenters. The number of nitrogens with zero attached hydrogens (tertiary/aromatic N) is 3. The van der Waals surface area contributed by atoms with Crippen LogP contribution in [0, 0.1) is 18.7 Å². The van der Waals surface area contributed by atoms with Gasteiger partial charge >= 0.3 is 0 Å². The first-order valence-electron chi connectivity index (χ1n) is 8.85. The minimum atomic E-state index is -0.581. The minimum absolute atomic E-state index is 0.0359. The zero-order valence-corrected chi connectivity index (χ0v) is 16.7. The van der Waals surface area contributed by atoms with Crippen LogP contribution in [0.2, 0.25) is 0 Å². The fourth-order valence-electron chi connectivity index (χ4n) is 2.88. The molecule has 0 saturated heterocycles. The van der Waals surface area contributed by atoms with Gasteiger partial charge in [0.2, 0.25) is 11.8 Å². The number of anilines is 2. The molecule has 0 fully saturated rings. The molecule has 0 aliphatic carbocycles. The Bertz CT molecular complexity index is 990. The number of aromatic nitrogens is 2. The summed E-state index contributed by atoms with van der Waals surface area (Å²) in [5.41, 5.74) is 0.502. The summed E-state index contributed by atoms with van der Waals surface area (Å²) < 4.78 is 14.9. The second-order valence-electron chi connectivity index (χ2n) is 7.04. The Morgan fingerprint density at radius 2 is 2.11 bits per heavy atom. The largest absolute Gasteiger partial charge is 0.322 e. The SMILES string of the molecule is Cc1ccc(NC(=O)Cn2ncc3c(c2=O)N(CC(C)C)C(=O)CS3)c(F)c1. The van der Waals surface area contributed by atoms with E-state index in [1.54, 1.807) is 13.0 Å². The predicted molar refractivity (Wildman–Crippen MR) is 106 cm³/mol. The molecule has 2 aromatic rings. The normalized spacial score (nSPS) is 13.6. The fourth-order valence-corrected chi connectivity index (χ4v) is 3.77. The fraction of sp³-hybridized carbons (Fsp3) is 0.368. The summed E-state index contributed by atoms with van der Waals surface area (Å²) in [6, 6.07) is 4.45. The zero-order chi connectivity index (χ0) is 20.4. The molecule has 3 rings (SSSR count). The van der Waals surface area contributed by atoms with Crippen LogP contribution in [-0.4, -0.2) is 33.9 Å². The lowest BCUT2D eigenvalue weighted by molar-refractivity contribution is -0.117. The van der Waals surface area contributed by atoms with Gasteiger partial charge < -0.3 is 10.2 Å². The van der Waals surface area contributed by atoms with Gasteiger partial charge in [0.1, 0.15) is 18.0 Å². The molecule has 0 radical (unpaired) electrons. The number of halogens is 1. The molecule has 9 heteroatoms. The average molecular weight is 404 g/mol. The lowest BCUT2D eigenvalue weighted by Crippen LogP contribution is -2.44. The van der Waals surface area contributed by atoms with Crippen molar-refractivity contribution < 1.29 is 14.0 Å². The van der Waals surface area contributed by atoms with Crippen molar-refractivity contribution in [3.05, 3.63) is 46.1 Å². The van der Waals surface area contributed by atoms with Gasteiger partial charge in [-0.3, -0.25) is 14.4 Å². The first-order valence-corrected chi connectivity index (χ1v) is 9.84. The Kier molecular flexibility index (Phi) is 5.83. The van der Waals surface area contributed by atoms with Crippen molar-refractivity contribution in [2.45, 2.75) is 32.2 Å². The Labute approximate surface area is 165 Å². The van der Waals surface area contributed by atoms with Crippen LogP contribution in [-0.2, 0) is 16.1 Å². The standard InChI is InChI=1S/C19H21FN4O3S/c1-11(2)8-23-17(26)10-28-15-7-21-24(19(27)18(15)23)9-16(25)22-14-5-4-12(3)6-13(14)20/h4-7,11H,8-10H2,1-3H3,(H,22,25). The number of carbonyl (C=O) groups is 2. The van der Waals surface area contributed by atoms with Crippen molar-refractivity contribution >= 4 is 35.0 Å². The van der Waals surface area contributed by atoms with Gasteiger partial charge in [0, 0.05) is 6.54 Å². The highest BCUT2D eigenvalue weighted by molar-refractivity contribution is 8.00. The Morgan fingerprint density at radius 1 is 1.36 bits per heavy atom. The van der Waals surface area contributed by atoms with E-state index in [2.05, 4.69) is 10.4 Å². The number of amides is 2. The van der Waals surface area contributed by atoms with E-state index in [-0.39, 0.29) is 35.5 Å². The molecule has 0 bridgehead atoms. The number of rotatable bonds is 5. The predicted octanol–water partition coefficient (Wildman–Crippen LogP) is 2.42. The van der Waals surface area contributed by atoms with Crippen LogP contribution >= 0.6 is 11.8 Å². The molecule has 1 aromatic carbocycles. The first kappa shape index (κ1) is 20.1. The topological polar surface area (TPSA) is 84.3 Å². The second-order valence-corrected chi connectivity index (χ2v) is 8.06. The van der Waals surface area contributed by atoms with Gasteiger partial charge in [-0.15, -0.1) is 11.8 Å². The van der Waals surface area contributed by atoms with E-state index in [9.17, 15) is 18.8 Å². The summed E-state index contributed by atoms with van der Waals surface area (Å²) in [7, 11) is 0. The summed E-state index contributed by atoms with van der Waals surface area (Å²) in [6.45, 7) is 5.68. The van der Waals surface area contributed by atoms with Crippen LogP contribution in [0.5, 0.6) is 0 Å². The lowest BCUT2D eigenvalue weighted by Gasteiger charge is -2.29.